The van der Waals surface area contributed by atoms with Crippen LogP contribution < -0.4 is 0 Å². The van der Waals surface area contributed by atoms with E-state index in [-0.39, 0.29) is 0 Å². The molecule has 2 aromatic rings. The zero-order valence-electron chi connectivity index (χ0n) is 12.0. The normalized spacial score (nSPS) is 11.6. The van der Waals surface area contributed by atoms with Gasteiger partial charge in [-0.2, -0.15) is 8.42 Å². The Hall–Kier alpha value is -2.60. The van der Waals surface area contributed by atoms with Gasteiger partial charge < -0.3 is 0 Å². The zero-order chi connectivity index (χ0) is 19.3. The molecule has 0 aliphatic carbocycles. The minimum absolute atomic E-state index is 0.389. The van der Waals surface area contributed by atoms with Crippen LogP contribution in [0.4, 0.5) is 27.6 Å². The minimum atomic E-state index is -5.09. The summed E-state index contributed by atoms with van der Waals surface area (Å²) in [5.41, 5.74) is -4.19. The molecule has 0 aliphatic rings. The molecule has 0 bridgehead atoms. The van der Waals surface area contributed by atoms with E-state index < -0.39 is 71.4 Å². The second-order valence-corrected chi connectivity index (χ2v) is 6.18. The Kier molecular flexibility index (Phi) is 4.53. The average Bonchev–Trinajstić information content (AvgIpc) is 2.51. The molecule has 0 fully saturated rings. The topological polar surface area (TPSA) is 97.5 Å². The van der Waals surface area contributed by atoms with Gasteiger partial charge in [-0.15, -0.1) is 0 Å². The van der Waals surface area contributed by atoms with E-state index in [4.69, 9.17) is 4.55 Å². The smallest absolute Gasteiger partial charge is 0.282 e. The number of nitro benzene ring substituents is 1. The fraction of sp³-hybridized carbons (Fsp3) is 0.0769. The Labute approximate surface area is 136 Å². The van der Waals surface area contributed by atoms with Crippen molar-refractivity contribution >= 4 is 15.8 Å². The maximum absolute atomic E-state index is 13.9. The Morgan fingerprint density at radius 1 is 0.960 bits per heavy atom. The summed E-state index contributed by atoms with van der Waals surface area (Å²) in [4.78, 5) is 8.59. The molecule has 2 rings (SSSR count). The van der Waals surface area contributed by atoms with Crippen molar-refractivity contribution in [3.8, 4) is 11.1 Å². The number of hydrogen-bond donors (Lipinski definition) is 1. The summed E-state index contributed by atoms with van der Waals surface area (Å²) < 4.78 is 99.4. The summed E-state index contributed by atoms with van der Waals surface area (Å²) in [6.45, 7) is 0.875. The van der Waals surface area contributed by atoms with Crippen LogP contribution in [0.3, 0.4) is 0 Å². The monoisotopic (exact) mass is 383 g/mol. The number of non-ortho nitro benzene ring substituents is 1. The lowest BCUT2D eigenvalue weighted by Crippen LogP contribution is -2.08. The SMILES string of the molecule is Cc1c(-c2c(F)c(F)c(F)c(F)c2F)cc([N+](=O)[O-])cc1S(=O)(=O)O. The number of rotatable bonds is 3. The molecule has 0 spiro atoms. The van der Waals surface area contributed by atoms with E-state index in [0.717, 1.165) is 6.92 Å². The molecule has 134 valence electrons. The Morgan fingerprint density at radius 3 is 1.80 bits per heavy atom. The fourth-order valence-electron chi connectivity index (χ4n) is 2.15. The second kappa shape index (κ2) is 6.04. The molecule has 0 aromatic heterocycles. The number of benzene rings is 2. The molecular weight excluding hydrogens is 377 g/mol. The third kappa shape index (κ3) is 3.05. The predicted octanol–water partition coefficient (Wildman–Crippen LogP) is 3.51. The summed E-state index contributed by atoms with van der Waals surface area (Å²) in [5, 5.41) is 10.9. The van der Waals surface area contributed by atoms with Crippen LogP contribution in [0.2, 0.25) is 0 Å². The predicted molar refractivity (Wildman–Crippen MR) is 72.9 cm³/mol. The Morgan fingerprint density at radius 2 is 1.40 bits per heavy atom. The molecule has 25 heavy (non-hydrogen) atoms. The van der Waals surface area contributed by atoms with Crippen molar-refractivity contribution in [3.05, 3.63) is 56.9 Å². The molecule has 0 amide bonds. The number of hydrogen-bond acceptors (Lipinski definition) is 4. The van der Waals surface area contributed by atoms with Gasteiger partial charge in [0.25, 0.3) is 15.8 Å². The second-order valence-electron chi connectivity index (χ2n) is 4.79. The molecule has 0 saturated carbocycles. The lowest BCUT2D eigenvalue weighted by Gasteiger charge is -2.13. The lowest BCUT2D eigenvalue weighted by atomic mass is 9.98. The molecule has 0 heterocycles. The molecule has 0 saturated heterocycles. The third-order valence-electron chi connectivity index (χ3n) is 3.31. The number of nitrogens with zero attached hydrogens (tertiary/aromatic N) is 1. The molecule has 0 radical (unpaired) electrons. The fourth-order valence-corrected chi connectivity index (χ4v) is 2.91. The van der Waals surface area contributed by atoms with Gasteiger partial charge in [-0.1, -0.05) is 0 Å². The molecule has 12 heteroatoms. The molecule has 1 N–H and O–H groups in total. The van der Waals surface area contributed by atoms with E-state index in [1.165, 1.54) is 0 Å². The molecule has 2 aromatic carbocycles. The number of nitro groups is 1. The van der Waals surface area contributed by atoms with E-state index in [9.17, 15) is 40.5 Å². The Bertz CT molecular complexity index is 993. The van der Waals surface area contributed by atoms with Crippen molar-refractivity contribution in [1.82, 2.24) is 0 Å². The van der Waals surface area contributed by atoms with E-state index in [2.05, 4.69) is 0 Å². The van der Waals surface area contributed by atoms with Gasteiger partial charge >= 0.3 is 0 Å². The summed E-state index contributed by atoms with van der Waals surface area (Å²) >= 11 is 0. The van der Waals surface area contributed by atoms with Crippen LogP contribution in [0.25, 0.3) is 11.1 Å². The molecule has 6 nitrogen and oxygen atoms in total. The number of halogens is 5. The van der Waals surface area contributed by atoms with E-state index in [0.29, 0.717) is 12.1 Å². The van der Waals surface area contributed by atoms with Gasteiger partial charge in [0.1, 0.15) is 4.90 Å². The first-order valence-electron chi connectivity index (χ1n) is 6.16. The van der Waals surface area contributed by atoms with Crippen molar-refractivity contribution in [2.45, 2.75) is 11.8 Å². The van der Waals surface area contributed by atoms with Gasteiger partial charge in [0.15, 0.2) is 23.3 Å². The summed E-state index contributed by atoms with van der Waals surface area (Å²) in [7, 11) is -5.09. The highest BCUT2D eigenvalue weighted by Gasteiger charge is 2.30. The largest absolute Gasteiger partial charge is 0.295 e. The van der Waals surface area contributed by atoms with Crippen LogP contribution in [0.5, 0.6) is 0 Å². The van der Waals surface area contributed by atoms with Gasteiger partial charge in [0, 0.05) is 12.1 Å². The van der Waals surface area contributed by atoms with E-state index >= 15 is 0 Å². The van der Waals surface area contributed by atoms with Crippen LogP contribution in [-0.4, -0.2) is 17.9 Å². The highest BCUT2D eigenvalue weighted by Crippen LogP contribution is 2.37. The minimum Gasteiger partial charge on any atom is -0.282 e. The first-order valence-corrected chi connectivity index (χ1v) is 7.60. The highest BCUT2D eigenvalue weighted by molar-refractivity contribution is 7.85. The van der Waals surface area contributed by atoms with Crippen molar-refractivity contribution in [2.24, 2.45) is 0 Å². The Balaban J connectivity index is 3.04. The first-order chi connectivity index (χ1) is 11.4. The maximum Gasteiger partial charge on any atom is 0.295 e. The summed E-state index contributed by atoms with van der Waals surface area (Å²) in [6.07, 6.45) is 0. The molecular formula is C13H6F5NO5S. The van der Waals surface area contributed by atoms with Crippen LogP contribution in [0, 0.1) is 46.1 Å². The van der Waals surface area contributed by atoms with Gasteiger partial charge in [0.05, 0.1) is 10.5 Å². The van der Waals surface area contributed by atoms with Gasteiger partial charge in [-0.25, -0.2) is 22.0 Å². The van der Waals surface area contributed by atoms with Crippen LogP contribution in [-0.2, 0) is 10.1 Å². The van der Waals surface area contributed by atoms with Crippen molar-refractivity contribution in [1.29, 1.82) is 0 Å². The van der Waals surface area contributed by atoms with Crippen molar-refractivity contribution in [2.75, 3.05) is 0 Å². The average molecular weight is 383 g/mol. The quantitative estimate of drug-likeness (QED) is 0.218. The first kappa shape index (κ1) is 18.7. The van der Waals surface area contributed by atoms with Crippen LogP contribution in [0.15, 0.2) is 17.0 Å². The summed E-state index contributed by atoms with van der Waals surface area (Å²) in [5.74, 6) is -11.7. The molecule has 0 atom stereocenters. The maximum atomic E-state index is 13.9. The van der Waals surface area contributed by atoms with Crippen LogP contribution in [0.1, 0.15) is 5.56 Å². The van der Waals surface area contributed by atoms with E-state index in [1.807, 2.05) is 0 Å². The van der Waals surface area contributed by atoms with Crippen LogP contribution >= 0.6 is 0 Å². The zero-order valence-corrected chi connectivity index (χ0v) is 12.8. The van der Waals surface area contributed by atoms with Gasteiger partial charge in [0.2, 0.25) is 5.82 Å². The van der Waals surface area contributed by atoms with E-state index in [1.54, 1.807) is 0 Å². The standard InChI is InChI=1S/C13H6F5NO5S/c1-4-6(2-5(19(20)21)3-7(4)25(22,23)24)8-9(14)11(16)13(18)12(17)10(8)15/h2-3H,1H3,(H,22,23,24). The molecule has 0 aliphatic heterocycles. The summed E-state index contributed by atoms with van der Waals surface area (Å²) in [6, 6.07) is 0.822. The van der Waals surface area contributed by atoms with Crippen molar-refractivity contribution < 1.29 is 39.8 Å². The third-order valence-corrected chi connectivity index (χ3v) is 4.29. The van der Waals surface area contributed by atoms with Gasteiger partial charge in [-0.3, -0.25) is 14.7 Å². The highest BCUT2D eigenvalue weighted by atomic mass is 32.2. The van der Waals surface area contributed by atoms with Gasteiger partial charge in [-0.05, 0) is 18.1 Å². The lowest BCUT2D eigenvalue weighted by molar-refractivity contribution is -0.385. The van der Waals surface area contributed by atoms with Crippen molar-refractivity contribution in [3.63, 3.8) is 0 Å². The molecule has 0 unspecified atom stereocenters.